The van der Waals surface area contributed by atoms with E-state index in [9.17, 15) is 18.0 Å². The average molecular weight is 414 g/mol. The number of rotatable bonds is 5. The first-order valence-corrected chi connectivity index (χ1v) is 10.5. The second-order valence-electron chi connectivity index (χ2n) is 6.99. The van der Waals surface area contributed by atoms with Crippen LogP contribution in [-0.4, -0.2) is 39.2 Å². The van der Waals surface area contributed by atoms with Gasteiger partial charge in [-0.1, -0.05) is 18.2 Å². The number of carbonyl (C=O) groups is 2. The Hall–Kier alpha value is -3.00. The van der Waals surface area contributed by atoms with Gasteiger partial charge in [-0.15, -0.1) is 0 Å². The van der Waals surface area contributed by atoms with Crippen molar-refractivity contribution in [3.05, 3.63) is 63.7 Å². The lowest BCUT2D eigenvalue weighted by atomic mass is 9.92. The molecular formula is C21H22N2O5S. The Morgan fingerprint density at radius 1 is 1.03 bits per heavy atom. The van der Waals surface area contributed by atoms with E-state index in [1.165, 1.54) is 6.07 Å². The molecule has 29 heavy (non-hydrogen) atoms. The van der Waals surface area contributed by atoms with Crippen molar-refractivity contribution in [1.82, 2.24) is 4.72 Å². The number of aryl methyl sites for hydroxylation is 2. The van der Waals surface area contributed by atoms with Crippen LogP contribution in [0.25, 0.3) is 0 Å². The number of amidine groups is 1. The number of ether oxygens (including phenoxy) is 1. The molecule has 0 atom stereocenters. The predicted molar refractivity (Wildman–Crippen MR) is 109 cm³/mol. The molecule has 0 unspecified atom stereocenters. The molecular weight excluding hydrogens is 392 g/mol. The third-order valence-corrected chi connectivity index (χ3v) is 6.44. The molecule has 152 valence electrons. The summed E-state index contributed by atoms with van der Waals surface area (Å²) in [5.74, 6) is -0.904. The van der Waals surface area contributed by atoms with Crippen molar-refractivity contribution in [2.75, 3.05) is 13.2 Å². The number of ketones is 1. The van der Waals surface area contributed by atoms with Crippen LogP contribution in [0.3, 0.4) is 0 Å². The van der Waals surface area contributed by atoms with Gasteiger partial charge in [0.05, 0.1) is 4.90 Å². The number of esters is 1. The Morgan fingerprint density at radius 2 is 1.66 bits per heavy atom. The SMILES string of the molecule is Cc1cc(C)c(C)c(C(=O)COC(=O)CN=C2NS(=O)(=O)c3ccccc32)c1C. The number of fused-ring (bicyclic) bond motifs is 1. The van der Waals surface area contributed by atoms with Gasteiger partial charge in [0.2, 0.25) is 5.78 Å². The van der Waals surface area contributed by atoms with E-state index in [1.807, 2.05) is 33.8 Å². The number of hydrogen-bond donors (Lipinski definition) is 1. The molecule has 0 radical (unpaired) electrons. The topological polar surface area (TPSA) is 102 Å². The summed E-state index contributed by atoms with van der Waals surface area (Å²) in [7, 11) is -3.67. The van der Waals surface area contributed by atoms with E-state index in [1.54, 1.807) is 18.2 Å². The van der Waals surface area contributed by atoms with Crippen molar-refractivity contribution in [3.63, 3.8) is 0 Å². The van der Waals surface area contributed by atoms with Gasteiger partial charge in [-0.05, 0) is 62.1 Å². The summed E-state index contributed by atoms with van der Waals surface area (Å²) in [6.07, 6.45) is 0. The quantitative estimate of drug-likeness (QED) is 0.598. The van der Waals surface area contributed by atoms with Crippen LogP contribution in [0, 0.1) is 27.7 Å². The lowest BCUT2D eigenvalue weighted by Crippen LogP contribution is -2.24. The van der Waals surface area contributed by atoms with E-state index in [0.717, 1.165) is 22.3 Å². The third kappa shape index (κ3) is 4.07. The van der Waals surface area contributed by atoms with Gasteiger partial charge in [0.15, 0.2) is 6.61 Å². The van der Waals surface area contributed by atoms with Gasteiger partial charge in [0.1, 0.15) is 12.4 Å². The normalized spacial score (nSPS) is 15.7. The van der Waals surface area contributed by atoms with Crippen LogP contribution in [0.2, 0.25) is 0 Å². The molecule has 0 saturated heterocycles. The van der Waals surface area contributed by atoms with Crippen LogP contribution in [0.15, 0.2) is 40.2 Å². The lowest BCUT2D eigenvalue weighted by molar-refractivity contribution is -0.140. The predicted octanol–water partition coefficient (Wildman–Crippen LogP) is 2.38. The third-order valence-electron chi connectivity index (χ3n) is 5.04. The molecule has 1 N–H and O–H groups in total. The summed E-state index contributed by atoms with van der Waals surface area (Å²) in [5, 5.41) is 0. The summed E-state index contributed by atoms with van der Waals surface area (Å²) in [6, 6.07) is 8.38. The van der Waals surface area contributed by atoms with E-state index < -0.39 is 29.1 Å². The zero-order valence-corrected chi connectivity index (χ0v) is 17.5. The van der Waals surface area contributed by atoms with E-state index >= 15 is 0 Å². The summed E-state index contributed by atoms with van der Waals surface area (Å²) in [6.45, 7) is 6.81. The highest BCUT2D eigenvalue weighted by molar-refractivity contribution is 7.90. The summed E-state index contributed by atoms with van der Waals surface area (Å²) < 4.78 is 31.5. The molecule has 0 aromatic heterocycles. The molecule has 0 bridgehead atoms. The monoisotopic (exact) mass is 414 g/mol. The molecule has 2 aromatic carbocycles. The Balaban J connectivity index is 1.68. The number of nitrogens with zero attached hydrogens (tertiary/aromatic N) is 1. The average Bonchev–Trinajstić information content (AvgIpc) is 2.94. The Bertz CT molecular complexity index is 1120. The van der Waals surface area contributed by atoms with Gasteiger partial charge in [0, 0.05) is 11.1 Å². The highest BCUT2D eigenvalue weighted by Gasteiger charge is 2.30. The minimum Gasteiger partial charge on any atom is -0.456 e. The maximum atomic E-state index is 12.6. The van der Waals surface area contributed by atoms with Gasteiger partial charge in [-0.25, -0.2) is 8.42 Å². The highest BCUT2D eigenvalue weighted by Crippen LogP contribution is 2.23. The van der Waals surface area contributed by atoms with Gasteiger partial charge in [-0.3, -0.25) is 19.3 Å². The van der Waals surface area contributed by atoms with Crippen molar-refractivity contribution < 1.29 is 22.7 Å². The van der Waals surface area contributed by atoms with Crippen LogP contribution < -0.4 is 4.72 Å². The van der Waals surface area contributed by atoms with Gasteiger partial charge in [0.25, 0.3) is 10.0 Å². The molecule has 1 aliphatic rings. The van der Waals surface area contributed by atoms with Gasteiger partial charge < -0.3 is 4.74 Å². The zero-order chi connectivity index (χ0) is 21.3. The fourth-order valence-electron chi connectivity index (χ4n) is 3.29. The molecule has 0 aliphatic carbocycles. The van der Waals surface area contributed by atoms with Gasteiger partial charge >= 0.3 is 5.97 Å². The van der Waals surface area contributed by atoms with Crippen molar-refractivity contribution in [1.29, 1.82) is 0 Å². The molecule has 3 rings (SSSR count). The second kappa shape index (κ2) is 7.79. The summed E-state index contributed by atoms with van der Waals surface area (Å²) >= 11 is 0. The molecule has 7 nitrogen and oxygen atoms in total. The van der Waals surface area contributed by atoms with Crippen molar-refractivity contribution >= 4 is 27.6 Å². The fourth-order valence-corrected chi connectivity index (χ4v) is 4.54. The largest absolute Gasteiger partial charge is 0.456 e. The molecule has 0 amide bonds. The molecule has 1 heterocycles. The second-order valence-corrected chi connectivity index (χ2v) is 8.64. The maximum absolute atomic E-state index is 12.6. The smallest absolute Gasteiger partial charge is 0.328 e. The van der Waals surface area contributed by atoms with Gasteiger partial charge in [-0.2, -0.15) is 0 Å². The van der Waals surface area contributed by atoms with E-state index in [-0.39, 0.29) is 16.5 Å². The Kier molecular flexibility index (Phi) is 5.57. The van der Waals surface area contributed by atoms with E-state index in [2.05, 4.69) is 9.71 Å². The number of carbonyl (C=O) groups excluding carboxylic acids is 2. The molecule has 8 heteroatoms. The first-order valence-electron chi connectivity index (χ1n) is 9.04. The number of benzene rings is 2. The molecule has 1 aliphatic heterocycles. The molecule has 2 aromatic rings. The van der Waals surface area contributed by atoms with E-state index in [0.29, 0.717) is 11.1 Å². The van der Waals surface area contributed by atoms with Crippen molar-refractivity contribution in [2.45, 2.75) is 32.6 Å². The number of Topliss-reactive ketones (excluding diaryl/α,β-unsaturated/α-hetero) is 1. The first kappa shape index (κ1) is 20.7. The van der Waals surface area contributed by atoms with Crippen molar-refractivity contribution in [2.24, 2.45) is 4.99 Å². The lowest BCUT2D eigenvalue weighted by Gasteiger charge is -2.14. The van der Waals surface area contributed by atoms with E-state index in [4.69, 9.17) is 4.74 Å². The van der Waals surface area contributed by atoms with Crippen LogP contribution in [0.4, 0.5) is 0 Å². The minimum absolute atomic E-state index is 0.0878. The zero-order valence-electron chi connectivity index (χ0n) is 16.7. The first-order chi connectivity index (χ1) is 13.6. The number of sulfonamides is 1. The molecule has 0 saturated carbocycles. The Labute approximate surface area is 169 Å². The fraction of sp³-hybridized carbons (Fsp3) is 0.286. The number of aliphatic imine (C=N–C) groups is 1. The molecule has 0 fully saturated rings. The highest BCUT2D eigenvalue weighted by atomic mass is 32.2. The maximum Gasteiger partial charge on any atom is 0.328 e. The van der Waals surface area contributed by atoms with Crippen LogP contribution in [0.5, 0.6) is 0 Å². The van der Waals surface area contributed by atoms with Crippen LogP contribution in [-0.2, 0) is 19.6 Å². The molecule has 0 spiro atoms. The summed E-state index contributed by atoms with van der Waals surface area (Å²) in [5.41, 5.74) is 4.71. The number of hydrogen-bond acceptors (Lipinski definition) is 6. The number of nitrogens with one attached hydrogen (secondary N) is 1. The van der Waals surface area contributed by atoms with Crippen molar-refractivity contribution in [3.8, 4) is 0 Å². The van der Waals surface area contributed by atoms with Crippen LogP contribution in [0.1, 0.15) is 38.2 Å². The summed E-state index contributed by atoms with van der Waals surface area (Å²) in [4.78, 5) is 28.8. The standard InChI is InChI=1S/C21H22N2O5S/c1-12-9-13(2)15(4)20(14(12)3)17(24)11-28-19(25)10-22-21-16-7-5-6-8-18(16)29(26,27)23-21/h5-9H,10-11H2,1-4H3,(H,22,23). The minimum atomic E-state index is -3.67. The van der Waals surface area contributed by atoms with Crippen LogP contribution >= 0.6 is 0 Å². The Morgan fingerprint density at radius 3 is 2.31 bits per heavy atom.